The van der Waals surface area contributed by atoms with Gasteiger partial charge in [-0.1, -0.05) is 0 Å². The van der Waals surface area contributed by atoms with Gasteiger partial charge in [-0.15, -0.1) is 0 Å². The number of nitro groups is 1. The van der Waals surface area contributed by atoms with E-state index < -0.39 is 4.92 Å². The first kappa shape index (κ1) is 5.81. The van der Waals surface area contributed by atoms with E-state index in [1.54, 1.807) is 13.0 Å². The Morgan fingerprint density at radius 3 is 2.56 bits per heavy atom. The highest BCUT2D eigenvalue weighted by Gasteiger charge is 2.02. The molecule has 9 heavy (non-hydrogen) atoms. The van der Waals surface area contributed by atoms with Crippen LogP contribution in [-0.2, 0) is 0 Å². The Morgan fingerprint density at radius 1 is 1.67 bits per heavy atom. The molecule has 4 nitrogen and oxygen atoms in total. The number of nitrogens with one attached hydrogen (secondary N) is 1. The van der Waals surface area contributed by atoms with Crippen LogP contribution in [0, 0.1) is 17.0 Å². The van der Waals surface area contributed by atoms with Crippen LogP contribution in [0.1, 0.15) is 5.69 Å². The minimum atomic E-state index is -0.451. The van der Waals surface area contributed by atoms with Crippen LogP contribution < -0.4 is 0 Å². The molecule has 0 aliphatic rings. The molecule has 0 unspecified atom stereocenters. The highest BCUT2D eigenvalue weighted by Crippen LogP contribution is 2.07. The largest absolute Gasteiger partial charge is 0.358 e. The third-order valence-electron chi connectivity index (χ3n) is 1.01. The van der Waals surface area contributed by atoms with Crippen molar-refractivity contribution in [1.82, 2.24) is 4.98 Å². The van der Waals surface area contributed by atoms with Gasteiger partial charge >= 0.3 is 5.82 Å². The third-order valence-corrected chi connectivity index (χ3v) is 1.01. The fourth-order valence-corrected chi connectivity index (χ4v) is 0.596. The molecule has 1 N–H and O–H groups in total. The molecule has 1 rings (SSSR count). The fraction of sp³-hybridized carbons (Fsp3) is 0.200. The topological polar surface area (TPSA) is 58.9 Å². The van der Waals surface area contributed by atoms with Crippen LogP contribution in [0.15, 0.2) is 12.1 Å². The van der Waals surface area contributed by atoms with Crippen molar-refractivity contribution in [3.8, 4) is 0 Å². The second-order valence-electron chi connectivity index (χ2n) is 1.78. The number of aromatic nitrogens is 1. The summed E-state index contributed by atoms with van der Waals surface area (Å²) in [6.07, 6.45) is 0. The van der Waals surface area contributed by atoms with Crippen LogP contribution >= 0.6 is 0 Å². The van der Waals surface area contributed by atoms with Crippen molar-refractivity contribution in [3.63, 3.8) is 0 Å². The summed E-state index contributed by atoms with van der Waals surface area (Å²) >= 11 is 0. The molecule has 4 heteroatoms. The molecule has 0 amide bonds. The molecule has 0 fully saturated rings. The van der Waals surface area contributed by atoms with E-state index in [9.17, 15) is 10.1 Å². The maximum Gasteiger partial charge on any atom is 0.321 e. The lowest BCUT2D eigenvalue weighted by molar-refractivity contribution is -0.389. The van der Waals surface area contributed by atoms with Gasteiger partial charge in [0.1, 0.15) is 0 Å². The minimum Gasteiger partial charge on any atom is -0.358 e. The normalized spacial score (nSPS) is 9.44. The molecule has 0 radical (unpaired) electrons. The molecule has 1 heterocycles. The van der Waals surface area contributed by atoms with E-state index in [4.69, 9.17) is 0 Å². The first-order valence-corrected chi connectivity index (χ1v) is 2.50. The SMILES string of the molecule is Cc1ccc([N+](=O)[O-])[nH]1. The van der Waals surface area contributed by atoms with Crippen molar-refractivity contribution in [2.75, 3.05) is 0 Å². The van der Waals surface area contributed by atoms with E-state index in [2.05, 4.69) is 4.98 Å². The van der Waals surface area contributed by atoms with E-state index in [1.165, 1.54) is 6.07 Å². The van der Waals surface area contributed by atoms with Gasteiger partial charge in [0.25, 0.3) is 0 Å². The smallest absolute Gasteiger partial charge is 0.321 e. The average Bonchev–Trinajstić information content (AvgIpc) is 2.14. The van der Waals surface area contributed by atoms with Crippen molar-refractivity contribution in [2.24, 2.45) is 0 Å². The van der Waals surface area contributed by atoms with Crippen LogP contribution in [0.3, 0.4) is 0 Å². The van der Waals surface area contributed by atoms with Crippen LogP contribution in [0.25, 0.3) is 0 Å². The molecule has 0 atom stereocenters. The van der Waals surface area contributed by atoms with Gasteiger partial charge in [-0.25, -0.2) is 4.98 Å². The van der Waals surface area contributed by atoms with E-state index >= 15 is 0 Å². The zero-order valence-corrected chi connectivity index (χ0v) is 4.92. The molecule has 0 aliphatic heterocycles. The summed E-state index contributed by atoms with van der Waals surface area (Å²) in [7, 11) is 0. The third kappa shape index (κ3) is 1.07. The second kappa shape index (κ2) is 1.89. The fourth-order valence-electron chi connectivity index (χ4n) is 0.596. The lowest BCUT2D eigenvalue weighted by Crippen LogP contribution is -1.86. The lowest BCUT2D eigenvalue weighted by atomic mass is 10.5. The number of nitrogens with zero attached hydrogens (tertiary/aromatic N) is 1. The van der Waals surface area contributed by atoms with E-state index in [1.807, 2.05) is 0 Å². The minimum absolute atomic E-state index is 0.0486. The molecule has 48 valence electrons. The molecular formula is C5H6N2O2. The number of hydrogen-bond donors (Lipinski definition) is 1. The first-order valence-electron chi connectivity index (χ1n) is 2.50. The Hall–Kier alpha value is -1.32. The maximum atomic E-state index is 9.99. The predicted molar refractivity (Wildman–Crippen MR) is 32.2 cm³/mol. The number of aryl methyl sites for hydroxylation is 1. The van der Waals surface area contributed by atoms with Gasteiger partial charge in [-0.3, -0.25) is 0 Å². The molecule has 0 aliphatic carbocycles. The number of hydrogen-bond acceptors (Lipinski definition) is 2. The number of rotatable bonds is 1. The van der Waals surface area contributed by atoms with Crippen molar-refractivity contribution in [1.29, 1.82) is 0 Å². The van der Waals surface area contributed by atoms with Gasteiger partial charge < -0.3 is 10.1 Å². The van der Waals surface area contributed by atoms with Crippen molar-refractivity contribution in [2.45, 2.75) is 6.92 Å². The molecule has 0 aromatic carbocycles. The summed E-state index contributed by atoms with van der Waals surface area (Å²) in [4.78, 5) is 12.1. The first-order chi connectivity index (χ1) is 4.20. The summed E-state index contributed by atoms with van der Waals surface area (Å²) in [6, 6.07) is 3.10. The predicted octanol–water partition coefficient (Wildman–Crippen LogP) is 1.23. The average molecular weight is 126 g/mol. The van der Waals surface area contributed by atoms with Crippen molar-refractivity contribution >= 4 is 5.82 Å². The molecule has 0 spiro atoms. The van der Waals surface area contributed by atoms with Crippen LogP contribution in [0.5, 0.6) is 0 Å². The second-order valence-corrected chi connectivity index (χ2v) is 1.78. The van der Waals surface area contributed by atoms with E-state index in [-0.39, 0.29) is 5.82 Å². The maximum absolute atomic E-state index is 9.99. The molecule has 1 aromatic rings. The lowest BCUT2D eigenvalue weighted by Gasteiger charge is -1.85. The molecule has 0 bridgehead atoms. The number of aromatic amines is 1. The zero-order chi connectivity index (χ0) is 6.85. The van der Waals surface area contributed by atoms with Crippen LogP contribution in [0.2, 0.25) is 0 Å². The van der Waals surface area contributed by atoms with E-state index in [0.717, 1.165) is 5.69 Å². The standard InChI is InChI=1S/C5H6N2O2/c1-4-2-3-5(6-4)7(8)9/h2-3,6H,1H3. The zero-order valence-electron chi connectivity index (χ0n) is 4.92. The summed E-state index contributed by atoms with van der Waals surface area (Å²) in [5.74, 6) is 0.0486. The molecule has 1 aromatic heterocycles. The van der Waals surface area contributed by atoms with Gasteiger partial charge in [0.05, 0.1) is 5.69 Å². The Morgan fingerprint density at radius 2 is 2.33 bits per heavy atom. The highest BCUT2D eigenvalue weighted by atomic mass is 16.6. The molecule has 0 saturated heterocycles. The Bertz CT molecular complexity index is 229. The number of H-pyrrole nitrogens is 1. The van der Waals surface area contributed by atoms with Gasteiger partial charge in [0.15, 0.2) is 0 Å². The van der Waals surface area contributed by atoms with Crippen molar-refractivity contribution in [3.05, 3.63) is 27.9 Å². The molecule has 0 saturated carbocycles. The van der Waals surface area contributed by atoms with Crippen molar-refractivity contribution < 1.29 is 4.92 Å². The summed E-state index contributed by atoms with van der Waals surface area (Å²) in [5, 5.41) is 9.99. The molecular weight excluding hydrogens is 120 g/mol. The van der Waals surface area contributed by atoms with Gasteiger partial charge in [0.2, 0.25) is 0 Å². The highest BCUT2D eigenvalue weighted by molar-refractivity contribution is 5.22. The van der Waals surface area contributed by atoms with Crippen LogP contribution in [-0.4, -0.2) is 9.91 Å². The van der Waals surface area contributed by atoms with Gasteiger partial charge in [-0.05, 0) is 17.9 Å². The van der Waals surface area contributed by atoms with Gasteiger partial charge in [0, 0.05) is 6.07 Å². The Kier molecular flexibility index (Phi) is 1.22. The Balaban J connectivity index is 2.98. The summed E-state index contributed by atoms with van der Waals surface area (Å²) in [6.45, 7) is 1.77. The van der Waals surface area contributed by atoms with Gasteiger partial charge in [-0.2, -0.15) is 0 Å². The summed E-state index contributed by atoms with van der Waals surface area (Å²) in [5.41, 5.74) is 0.807. The Labute approximate surface area is 51.7 Å². The van der Waals surface area contributed by atoms with Crippen LogP contribution in [0.4, 0.5) is 5.82 Å². The summed E-state index contributed by atoms with van der Waals surface area (Å²) < 4.78 is 0. The quantitative estimate of drug-likeness (QED) is 0.454. The monoisotopic (exact) mass is 126 g/mol. The van der Waals surface area contributed by atoms with E-state index in [0.29, 0.717) is 0 Å².